The highest BCUT2D eigenvalue weighted by atomic mass is 32.1. The van der Waals surface area contributed by atoms with Crippen molar-refractivity contribution in [2.45, 2.75) is 31.8 Å². The highest BCUT2D eigenvalue weighted by Crippen LogP contribution is 2.33. The van der Waals surface area contributed by atoms with E-state index in [4.69, 9.17) is 9.72 Å². The molecule has 0 N–H and O–H groups in total. The number of benzene rings is 1. The number of hydrogen-bond donors (Lipinski definition) is 0. The fourth-order valence-corrected chi connectivity index (χ4v) is 4.43. The molecule has 1 fully saturated rings. The number of ether oxygens (including phenoxy) is 1. The third-order valence-electron chi connectivity index (χ3n) is 4.73. The Morgan fingerprint density at radius 3 is 2.88 bits per heavy atom. The van der Waals surface area contributed by atoms with Gasteiger partial charge >= 0.3 is 0 Å². The number of hydrogen-bond acceptors (Lipinski definition) is 7. The minimum atomic E-state index is 0.568. The van der Waals surface area contributed by atoms with Gasteiger partial charge in [0, 0.05) is 13.0 Å². The third kappa shape index (κ3) is 3.70. The number of nitrogens with zero attached hydrogens (tertiary/aromatic N) is 6. The van der Waals surface area contributed by atoms with E-state index in [-0.39, 0.29) is 0 Å². The first-order chi connectivity index (χ1) is 12.3. The maximum absolute atomic E-state index is 5.11. The SMILES string of the molecule is COCCn1nnnc1CN1CCC(c2nc3ccccc3s2)CC1. The van der Waals surface area contributed by atoms with Crippen LogP contribution >= 0.6 is 11.3 Å². The second kappa shape index (κ2) is 7.55. The van der Waals surface area contributed by atoms with E-state index >= 15 is 0 Å². The maximum Gasteiger partial charge on any atom is 0.165 e. The second-order valence-electron chi connectivity index (χ2n) is 6.38. The predicted molar refractivity (Wildman–Crippen MR) is 96.6 cm³/mol. The van der Waals surface area contributed by atoms with Crippen LogP contribution in [0.25, 0.3) is 10.2 Å². The van der Waals surface area contributed by atoms with Crippen LogP contribution in [0.4, 0.5) is 0 Å². The Bertz CT molecular complexity index is 790. The molecule has 1 aromatic carbocycles. The van der Waals surface area contributed by atoms with E-state index in [1.165, 1.54) is 9.71 Å². The average Bonchev–Trinajstić information content (AvgIpc) is 3.27. The van der Waals surface area contributed by atoms with Gasteiger partial charge in [-0.05, 0) is 48.5 Å². The molecule has 7 nitrogen and oxygen atoms in total. The summed E-state index contributed by atoms with van der Waals surface area (Å²) in [5.41, 5.74) is 1.13. The molecule has 1 aliphatic rings. The molecule has 0 aliphatic carbocycles. The topological polar surface area (TPSA) is 69.0 Å². The molecule has 0 spiro atoms. The Kier molecular flexibility index (Phi) is 5.00. The van der Waals surface area contributed by atoms with Crippen molar-refractivity contribution in [3.05, 3.63) is 35.1 Å². The minimum absolute atomic E-state index is 0.568. The van der Waals surface area contributed by atoms with Gasteiger partial charge in [0.1, 0.15) is 0 Å². The largest absolute Gasteiger partial charge is 0.383 e. The van der Waals surface area contributed by atoms with Crippen molar-refractivity contribution in [2.75, 3.05) is 26.8 Å². The number of methoxy groups -OCH3 is 1. The van der Waals surface area contributed by atoms with E-state index < -0.39 is 0 Å². The molecule has 132 valence electrons. The number of piperidine rings is 1. The van der Waals surface area contributed by atoms with Crippen molar-refractivity contribution in [3.8, 4) is 0 Å². The normalized spacial score (nSPS) is 16.7. The summed E-state index contributed by atoms with van der Waals surface area (Å²) in [4.78, 5) is 7.26. The van der Waals surface area contributed by atoms with Crippen LogP contribution in [0.2, 0.25) is 0 Å². The summed E-state index contributed by atoms with van der Waals surface area (Å²) in [6.07, 6.45) is 2.28. The molecule has 0 unspecified atom stereocenters. The Morgan fingerprint density at radius 2 is 2.08 bits per heavy atom. The van der Waals surface area contributed by atoms with Crippen LogP contribution in [-0.4, -0.2) is 56.9 Å². The van der Waals surface area contributed by atoms with Crippen molar-refractivity contribution in [1.29, 1.82) is 0 Å². The summed E-state index contributed by atoms with van der Waals surface area (Å²) in [6, 6.07) is 8.40. The molecular formula is C17H22N6OS. The predicted octanol–water partition coefficient (Wildman–Crippen LogP) is 2.31. The van der Waals surface area contributed by atoms with E-state index in [1.54, 1.807) is 7.11 Å². The molecule has 0 amide bonds. The number of para-hydroxylation sites is 1. The molecule has 0 saturated carbocycles. The van der Waals surface area contributed by atoms with Gasteiger partial charge in [-0.3, -0.25) is 4.90 Å². The van der Waals surface area contributed by atoms with Crippen LogP contribution in [0.1, 0.15) is 29.6 Å². The summed E-state index contributed by atoms with van der Waals surface area (Å²) >= 11 is 1.84. The lowest BCUT2D eigenvalue weighted by Gasteiger charge is -2.30. The molecule has 3 aromatic rings. The summed E-state index contributed by atoms with van der Waals surface area (Å²) in [5, 5.41) is 13.3. The van der Waals surface area contributed by atoms with E-state index in [2.05, 4.69) is 44.7 Å². The molecule has 1 saturated heterocycles. The number of rotatable bonds is 6. The molecule has 0 atom stereocenters. The third-order valence-corrected chi connectivity index (χ3v) is 5.92. The first kappa shape index (κ1) is 16.6. The van der Waals surface area contributed by atoms with E-state index in [1.807, 2.05) is 16.0 Å². The smallest absolute Gasteiger partial charge is 0.165 e. The minimum Gasteiger partial charge on any atom is -0.383 e. The number of tetrazole rings is 1. The zero-order valence-electron chi connectivity index (χ0n) is 14.3. The van der Waals surface area contributed by atoms with Crippen LogP contribution in [0.15, 0.2) is 24.3 Å². The van der Waals surface area contributed by atoms with Crippen molar-refractivity contribution >= 4 is 21.6 Å². The number of likely N-dealkylation sites (tertiary alicyclic amines) is 1. The zero-order chi connectivity index (χ0) is 17.1. The molecule has 2 aromatic heterocycles. The van der Waals surface area contributed by atoms with Crippen LogP contribution < -0.4 is 0 Å². The van der Waals surface area contributed by atoms with Crippen molar-refractivity contribution < 1.29 is 4.74 Å². The van der Waals surface area contributed by atoms with Gasteiger partial charge in [0.2, 0.25) is 0 Å². The van der Waals surface area contributed by atoms with Gasteiger partial charge < -0.3 is 4.74 Å². The van der Waals surface area contributed by atoms with Crippen molar-refractivity contribution in [1.82, 2.24) is 30.1 Å². The van der Waals surface area contributed by atoms with E-state index in [9.17, 15) is 0 Å². The lowest BCUT2D eigenvalue weighted by molar-refractivity contribution is 0.173. The van der Waals surface area contributed by atoms with Gasteiger partial charge in [0.05, 0.1) is 34.9 Å². The first-order valence-electron chi connectivity index (χ1n) is 8.65. The Hall–Kier alpha value is -1.90. The summed E-state index contributed by atoms with van der Waals surface area (Å²) in [6.45, 7) is 4.22. The summed E-state index contributed by atoms with van der Waals surface area (Å²) < 4.78 is 8.24. The van der Waals surface area contributed by atoms with E-state index in [0.29, 0.717) is 19.1 Å². The second-order valence-corrected chi connectivity index (χ2v) is 7.44. The molecule has 0 bridgehead atoms. The molecule has 1 aliphatic heterocycles. The van der Waals surface area contributed by atoms with Crippen LogP contribution in [-0.2, 0) is 17.8 Å². The van der Waals surface area contributed by atoms with Crippen LogP contribution in [0.5, 0.6) is 0 Å². The number of thiazole rings is 1. The maximum atomic E-state index is 5.11. The van der Waals surface area contributed by atoms with Gasteiger partial charge in [-0.25, -0.2) is 9.67 Å². The highest BCUT2D eigenvalue weighted by molar-refractivity contribution is 7.18. The molecule has 3 heterocycles. The van der Waals surface area contributed by atoms with Gasteiger partial charge in [-0.2, -0.15) is 0 Å². The summed E-state index contributed by atoms with van der Waals surface area (Å²) in [7, 11) is 1.69. The molecule has 0 radical (unpaired) electrons. The van der Waals surface area contributed by atoms with Crippen molar-refractivity contribution in [3.63, 3.8) is 0 Å². The van der Waals surface area contributed by atoms with Gasteiger partial charge in [-0.15, -0.1) is 16.4 Å². The Labute approximate surface area is 150 Å². The molecule has 25 heavy (non-hydrogen) atoms. The lowest BCUT2D eigenvalue weighted by Crippen LogP contribution is -2.33. The standard InChI is InChI=1S/C17H22N6OS/c1-24-11-10-23-16(19-20-21-23)12-22-8-6-13(7-9-22)17-18-14-4-2-3-5-15(14)25-17/h2-5,13H,6-12H2,1H3. The fourth-order valence-electron chi connectivity index (χ4n) is 3.29. The van der Waals surface area contributed by atoms with Crippen LogP contribution in [0.3, 0.4) is 0 Å². The highest BCUT2D eigenvalue weighted by Gasteiger charge is 2.24. The quantitative estimate of drug-likeness (QED) is 0.673. The lowest BCUT2D eigenvalue weighted by atomic mass is 9.97. The average molecular weight is 358 g/mol. The molecule has 8 heteroatoms. The first-order valence-corrected chi connectivity index (χ1v) is 9.47. The number of fused-ring (bicyclic) bond motifs is 1. The summed E-state index contributed by atoms with van der Waals surface area (Å²) in [5.74, 6) is 1.48. The molecule has 4 rings (SSSR count). The van der Waals surface area contributed by atoms with Gasteiger partial charge in [-0.1, -0.05) is 12.1 Å². The fraction of sp³-hybridized carbons (Fsp3) is 0.529. The zero-order valence-corrected chi connectivity index (χ0v) is 15.2. The van der Waals surface area contributed by atoms with E-state index in [0.717, 1.165) is 43.8 Å². The Morgan fingerprint density at radius 1 is 1.24 bits per heavy atom. The monoisotopic (exact) mass is 358 g/mol. The van der Waals surface area contributed by atoms with Gasteiger partial charge in [0.15, 0.2) is 5.82 Å². The van der Waals surface area contributed by atoms with Crippen molar-refractivity contribution in [2.24, 2.45) is 0 Å². The number of aromatic nitrogens is 5. The van der Waals surface area contributed by atoms with Gasteiger partial charge in [0.25, 0.3) is 0 Å². The molecular weight excluding hydrogens is 336 g/mol. The van der Waals surface area contributed by atoms with Crippen LogP contribution in [0, 0.1) is 0 Å². The Balaban J connectivity index is 1.36.